The Balaban J connectivity index is 1.29. The Morgan fingerprint density at radius 3 is 2.49 bits per heavy atom. The lowest BCUT2D eigenvalue weighted by Crippen LogP contribution is -2.59. The molecular weight excluding hydrogens is 456 g/mol. The van der Waals surface area contributed by atoms with Crippen LogP contribution >= 0.6 is 11.3 Å². The summed E-state index contributed by atoms with van der Waals surface area (Å²) >= 11 is 1.83. The van der Waals surface area contributed by atoms with Gasteiger partial charge < -0.3 is 16.0 Å². The molecule has 1 aromatic rings. The first-order valence-electron chi connectivity index (χ1n) is 14.2. The second-order valence-electron chi connectivity index (χ2n) is 11.6. The Morgan fingerprint density at radius 1 is 1.03 bits per heavy atom. The van der Waals surface area contributed by atoms with E-state index in [0.717, 1.165) is 70.4 Å². The van der Waals surface area contributed by atoms with Gasteiger partial charge in [-0.2, -0.15) is 0 Å². The van der Waals surface area contributed by atoms with Gasteiger partial charge in [0.2, 0.25) is 11.8 Å². The highest BCUT2D eigenvalue weighted by Gasteiger charge is 2.43. The van der Waals surface area contributed by atoms with E-state index in [0.29, 0.717) is 12.6 Å². The molecule has 1 aromatic heterocycles. The molecule has 2 atom stereocenters. The Labute approximate surface area is 215 Å². The van der Waals surface area contributed by atoms with Crippen LogP contribution in [0, 0.1) is 11.8 Å². The van der Waals surface area contributed by atoms with Gasteiger partial charge >= 0.3 is 0 Å². The van der Waals surface area contributed by atoms with Crippen molar-refractivity contribution in [2.45, 2.75) is 114 Å². The van der Waals surface area contributed by atoms with Crippen LogP contribution in [0.2, 0.25) is 0 Å². The number of nitrogens with one attached hydrogen (secondary N) is 1. The number of nitrogens with two attached hydrogens (primary N) is 1. The maximum Gasteiger partial charge on any atom is 0.243 e. The van der Waals surface area contributed by atoms with Crippen molar-refractivity contribution in [1.29, 1.82) is 0 Å². The van der Waals surface area contributed by atoms with Crippen molar-refractivity contribution in [1.82, 2.24) is 15.1 Å². The molecule has 2 amide bonds. The number of carbonyl (C=O) groups is 2. The lowest BCUT2D eigenvalue weighted by atomic mass is 9.87. The lowest BCUT2D eigenvalue weighted by molar-refractivity contribution is -0.145. The molecule has 3 N–H and O–H groups in total. The number of amides is 2. The predicted molar refractivity (Wildman–Crippen MR) is 141 cm³/mol. The van der Waals surface area contributed by atoms with E-state index >= 15 is 0 Å². The number of hydrogen-bond acceptors (Lipinski definition) is 5. The van der Waals surface area contributed by atoms with Gasteiger partial charge in [-0.25, -0.2) is 0 Å². The fraction of sp³-hybridized carbons (Fsp3) is 0.786. The minimum absolute atomic E-state index is 0.0675. The highest BCUT2D eigenvalue weighted by Crippen LogP contribution is 2.35. The van der Waals surface area contributed by atoms with Crippen molar-refractivity contribution in [3.63, 3.8) is 0 Å². The average molecular weight is 501 g/mol. The van der Waals surface area contributed by atoms with E-state index in [2.05, 4.69) is 27.7 Å². The van der Waals surface area contributed by atoms with Crippen LogP contribution in [0.1, 0.15) is 88.3 Å². The molecule has 1 saturated heterocycles. The number of carbonyl (C=O) groups excluding carboxylic acids is 2. The Hall–Kier alpha value is -1.44. The van der Waals surface area contributed by atoms with E-state index in [4.69, 9.17) is 5.73 Å². The third kappa shape index (κ3) is 6.66. The topological polar surface area (TPSA) is 78.7 Å². The molecule has 0 spiro atoms. The van der Waals surface area contributed by atoms with E-state index in [1.165, 1.54) is 37.0 Å². The first kappa shape index (κ1) is 25.2. The molecule has 3 aliphatic carbocycles. The van der Waals surface area contributed by atoms with E-state index in [1.54, 1.807) is 0 Å². The third-order valence-corrected chi connectivity index (χ3v) is 9.74. The molecule has 35 heavy (non-hydrogen) atoms. The summed E-state index contributed by atoms with van der Waals surface area (Å²) < 4.78 is 0. The summed E-state index contributed by atoms with van der Waals surface area (Å²) in [6, 6.07) is 4.85. The van der Waals surface area contributed by atoms with Crippen molar-refractivity contribution < 1.29 is 9.59 Å². The summed E-state index contributed by atoms with van der Waals surface area (Å²) in [5, 5.41) is 5.50. The van der Waals surface area contributed by atoms with E-state index in [1.807, 2.05) is 16.2 Å². The smallest absolute Gasteiger partial charge is 0.243 e. The number of likely N-dealkylation sites (tertiary alicyclic amines) is 1. The van der Waals surface area contributed by atoms with Crippen LogP contribution in [0.3, 0.4) is 0 Å². The summed E-state index contributed by atoms with van der Waals surface area (Å²) in [6.45, 7) is 2.79. The largest absolute Gasteiger partial charge is 0.352 e. The Bertz CT molecular complexity index is 828. The number of hydrogen-bond donors (Lipinski definition) is 2. The number of thiophene rings is 1. The molecule has 194 valence electrons. The van der Waals surface area contributed by atoms with Crippen molar-refractivity contribution in [3.8, 4) is 0 Å². The standard InChI is InChI=1S/C28H44N4O2S/c29-22-10-12-23(13-11-22)30-27(33)26-17-24(14-15-32(26)28(34)21-8-9-21)31(19-25-7-4-16-35-25)18-20-5-2-1-3-6-20/h4,7,16,20-24,26H,1-3,5-6,8-15,17-19,29H2,(H,30,33)/t22?,23?,24?,26-/m1/s1. The molecule has 0 radical (unpaired) electrons. The van der Waals surface area contributed by atoms with Crippen LogP contribution in [-0.2, 0) is 16.1 Å². The minimum atomic E-state index is -0.338. The highest BCUT2D eigenvalue weighted by atomic mass is 32.1. The Kier molecular flexibility index (Phi) is 8.46. The zero-order chi connectivity index (χ0) is 24.2. The second-order valence-corrected chi connectivity index (χ2v) is 12.7. The number of piperidine rings is 1. The first-order chi connectivity index (χ1) is 17.1. The SMILES string of the molecule is NC1CCC(NC(=O)[C@H]2CC(N(Cc3cccs3)CC3CCCCC3)CCN2C(=O)C2CC2)CC1. The average Bonchev–Trinajstić information content (AvgIpc) is 3.61. The summed E-state index contributed by atoms with van der Waals surface area (Å²) in [5.41, 5.74) is 6.09. The molecule has 4 fully saturated rings. The molecule has 0 aromatic carbocycles. The second kappa shape index (κ2) is 11.7. The van der Waals surface area contributed by atoms with Gasteiger partial charge in [-0.3, -0.25) is 14.5 Å². The van der Waals surface area contributed by atoms with Crippen LogP contribution in [0.25, 0.3) is 0 Å². The zero-order valence-electron chi connectivity index (χ0n) is 21.2. The molecule has 1 aliphatic heterocycles. The zero-order valence-corrected chi connectivity index (χ0v) is 22.0. The van der Waals surface area contributed by atoms with Crippen molar-refractivity contribution in [3.05, 3.63) is 22.4 Å². The normalized spacial score (nSPS) is 30.4. The van der Waals surface area contributed by atoms with Gasteiger partial charge in [-0.15, -0.1) is 11.3 Å². The summed E-state index contributed by atoms with van der Waals surface area (Å²) in [7, 11) is 0. The van der Waals surface area contributed by atoms with Gasteiger partial charge in [-0.1, -0.05) is 25.3 Å². The molecule has 6 nitrogen and oxygen atoms in total. The molecule has 1 unspecified atom stereocenters. The van der Waals surface area contributed by atoms with Crippen LogP contribution in [-0.4, -0.2) is 58.9 Å². The van der Waals surface area contributed by atoms with Crippen LogP contribution in [0.4, 0.5) is 0 Å². The van der Waals surface area contributed by atoms with Crippen molar-refractivity contribution in [2.75, 3.05) is 13.1 Å². The van der Waals surface area contributed by atoms with Gasteiger partial charge in [0.05, 0.1) is 0 Å². The van der Waals surface area contributed by atoms with Crippen LogP contribution in [0.5, 0.6) is 0 Å². The fourth-order valence-corrected chi connectivity index (χ4v) is 7.29. The Morgan fingerprint density at radius 2 is 1.80 bits per heavy atom. The van der Waals surface area contributed by atoms with Gasteiger partial charge in [0.25, 0.3) is 0 Å². The van der Waals surface area contributed by atoms with Crippen LogP contribution in [0.15, 0.2) is 17.5 Å². The summed E-state index contributed by atoms with van der Waals surface area (Å²) in [5.74, 6) is 1.19. The lowest BCUT2D eigenvalue weighted by Gasteiger charge is -2.44. The quantitative estimate of drug-likeness (QED) is 0.558. The maximum atomic E-state index is 13.6. The third-order valence-electron chi connectivity index (χ3n) is 8.88. The van der Waals surface area contributed by atoms with E-state index < -0.39 is 0 Å². The number of nitrogens with zero attached hydrogens (tertiary/aromatic N) is 2. The monoisotopic (exact) mass is 500 g/mol. The molecular formula is C28H44N4O2S. The maximum absolute atomic E-state index is 13.6. The first-order valence-corrected chi connectivity index (χ1v) is 15.1. The molecule has 2 heterocycles. The van der Waals surface area contributed by atoms with Gasteiger partial charge in [0, 0.05) is 48.6 Å². The predicted octanol–water partition coefficient (Wildman–Crippen LogP) is 4.29. The van der Waals surface area contributed by atoms with Crippen molar-refractivity contribution >= 4 is 23.2 Å². The van der Waals surface area contributed by atoms with Crippen LogP contribution < -0.4 is 11.1 Å². The van der Waals surface area contributed by atoms with Gasteiger partial charge in [-0.05, 0) is 81.6 Å². The van der Waals surface area contributed by atoms with Gasteiger partial charge in [0.15, 0.2) is 0 Å². The molecule has 7 heteroatoms. The molecule has 5 rings (SSSR count). The number of rotatable bonds is 8. The molecule has 3 saturated carbocycles. The highest BCUT2D eigenvalue weighted by molar-refractivity contribution is 7.09. The summed E-state index contributed by atoms with van der Waals surface area (Å²) in [6.07, 6.45) is 14.3. The van der Waals surface area contributed by atoms with Crippen molar-refractivity contribution in [2.24, 2.45) is 17.6 Å². The van der Waals surface area contributed by atoms with E-state index in [9.17, 15) is 9.59 Å². The summed E-state index contributed by atoms with van der Waals surface area (Å²) in [4.78, 5) is 32.8. The molecule has 0 bridgehead atoms. The fourth-order valence-electron chi connectivity index (χ4n) is 6.56. The van der Waals surface area contributed by atoms with E-state index in [-0.39, 0.29) is 35.9 Å². The minimum Gasteiger partial charge on any atom is -0.352 e. The molecule has 4 aliphatic rings. The van der Waals surface area contributed by atoms with Gasteiger partial charge in [0.1, 0.15) is 6.04 Å².